The van der Waals surface area contributed by atoms with E-state index in [2.05, 4.69) is 10.1 Å². The van der Waals surface area contributed by atoms with Crippen molar-refractivity contribution in [3.63, 3.8) is 0 Å². The van der Waals surface area contributed by atoms with Gasteiger partial charge in [-0.1, -0.05) is 41.0 Å². The van der Waals surface area contributed by atoms with Crippen LogP contribution in [-0.4, -0.2) is 47.0 Å². The number of aromatic nitrogens is 1. The van der Waals surface area contributed by atoms with Gasteiger partial charge in [0.15, 0.2) is 0 Å². The molecular formula is C21H19ClFN3O2. The van der Waals surface area contributed by atoms with Crippen LogP contribution in [0.15, 0.2) is 59.1 Å². The molecule has 2 aromatic carbocycles. The summed E-state index contributed by atoms with van der Waals surface area (Å²) in [6, 6.07) is 15.4. The second-order valence-electron chi connectivity index (χ2n) is 6.78. The van der Waals surface area contributed by atoms with E-state index in [9.17, 15) is 9.18 Å². The summed E-state index contributed by atoms with van der Waals surface area (Å²) in [5, 5.41) is 4.64. The number of halogens is 2. The molecule has 1 saturated heterocycles. The van der Waals surface area contributed by atoms with E-state index in [1.165, 1.54) is 17.7 Å². The van der Waals surface area contributed by atoms with Gasteiger partial charge < -0.3 is 9.42 Å². The summed E-state index contributed by atoms with van der Waals surface area (Å²) in [5.41, 5.74) is 2.22. The predicted molar refractivity (Wildman–Crippen MR) is 105 cm³/mol. The molecule has 0 saturated carbocycles. The van der Waals surface area contributed by atoms with Gasteiger partial charge in [0, 0.05) is 49.4 Å². The Morgan fingerprint density at radius 2 is 1.82 bits per heavy atom. The van der Waals surface area contributed by atoms with Crippen LogP contribution in [0.3, 0.4) is 0 Å². The first-order chi connectivity index (χ1) is 13.6. The van der Waals surface area contributed by atoms with E-state index in [1.807, 2.05) is 24.3 Å². The normalized spacial score (nSPS) is 15.0. The third kappa shape index (κ3) is 4.24. The Morgan fingerprint density at radius 1 is 1.07 bits per heavy atom. The Balaban J connectivity index is 1.36. The summed E-state index contributed by atoms with van der Waals surface area (Å²) in [4.78, 5) is 16.8. The largest absolute Gasteiger partial charge is 0.350 e. The van der Waals surface area contributed by atoms with Crippen molar-refractivity contribution in [3.8, 4) is 11.3 Å². The summed E-state index contributed by atoms with van der Waals surface area (Å²) >= 11 is 5.92. The van der Waals surface area contributed by atoms with Gasteiger partial charge in [0.2, 0.25) is 5.76 Å². The number of amides is 1. The number of hydrogen-bond donors (Lipinski definition) is 0. The molecule has 1 amide bonds. The zero-order chi connectivity index (χ0) is 19.5. The molecule has 0 aliphatic carbocycles. The van der Waals surface area contributed by atoms with Crippen LogP contribution >= 0.6 is 11.6 Å². The van der Waals surface area contributed by atoms with E-state index in [0.717, 1.165) is 24.7 Å². The van der Waals surface area contributed by atoms with Crippen molar-refractivity contribution >= 4 is 17.5 Å². The zero-order valence-electron chi connectivity index (χ0n) is 15.1. The molecule has 0 bridgehead atoms. The van der Waals surface area contributed by atoms with Crippen LogP contribution in [0.4, 0.5) is 4.39 Å². The van der Waals surface area contributed by atoms with E-state index in [-0.39, 0.29) is 17.5 Å². The van der Waals surface area contributed by atoms with Crippen molar-refractivity contribution < 1.29 is 13.7 Å². The quantitative estimate of drug-likeness (QED) is 0.663. The lowest BCUT2D eigenvalue weighted by Crippen LogP contribution is -2.48. The lowest BCUT2D eigenvalue weighted by Gasteiger charge is -2.34. The number of benzene rings is 2. The number of piperazine rings is 1. The Labute approximate surface area is 167 Å². The molecule has 1 aliphatic rings. The minimum Gasteiger partial charge on any atom is -0.350 e. The second kappa shape index (κ2) is 8.12. The molecule has 7 heteroatoms. The summed E-state index contributed by atoms with van der Waals surface area (Å²) in [6.07, 6.45) is 0. The van der Waals surface area contributed by atoms with Crippen LogP contribution in [0.25, 0.3) is 11.3 Å². The summed E-state index contributed by atoms with van der Waals surface area (Å²) < 4.78 is 18.6. The van der Waals surface area contributed by atoms with Crippen molar-refractivity contribution in [3.05, 3.63) is 76.8 Å². The van der Waals surface area contributed by atoms with E-state index in [0.29, 0.717) is 24.3 Å². The van der Waals surface area contributed by atoms with Gasteiger partial charge in [0.25, 0.3) is 5.91 Å². The molecule has 0 radical (unpaired) electrons. The van der Waals surface area contributed by atoms with Crippen molar-refractivity contribution in [1.29, 1.82) is 0 Å². The molecule has 5 nitrogen and oxygen atoms in total. The Hall–Kier alpha value is -2.70. The van der Waals surface area contributed by atoms with Crippen LogP contribution in [0.1, 0.15) is 16.1 Å². The lowest BCUT2D eigenvalue weighted by molar-refractivity contribution is 0.0588. The number of hydrogen-bond acceptors (Lipinski definition) is 4. The molecule has 28 heavy (non-hydrogen) atoms. The average molecular weight is 400 g/mol. The number of nitrogens with zero attached hydrogens (tertiary/aromatic N) is 3. The molecule has 0 unspecified atom stereocenters. The molecule has 1 fully saturated rings. The third-order valence-electron chi connectivity index (χ3n) is 4.82. The Bertz CT molecular complexity index is 966. The van der Waals surface area contributed by atoms with Gasteiger partial charge in [-0.25, -0.2) is 4.39 Å². The second-order valence-corrected chi connectivity index (χ2v) is 7.22. The maximum Gasteiger partial charge on any atom is 0.292 e. The van der Waals surface area contributed by atoms with Crippen LogP contribution in [0.2, 0.25) is 5.02 Å². The van der Waals surface area contributed by atoms with Crippen LogP contribution < -0.4 is 0 Å². The van der Waals surface area contributed by atoms with Gasteiger partial charge in [-0.3, -0.25) is 9.69 Å². The van der Waals surface area contributed by atoms with Crippen LogP contribution in [0, 0.1) is 5.82 Å². The fraction of sp³-hybridized carbons (Fsp3) is 0.238. The SMILES string of the molecule is O=C(c1cc(-c2cccc(F)c2)no1)N1CCN(Cc2ccc(Cl)cc2)CC1. The minimum atomic E-state index is -0.356. The molecule has 144 valence electrons. The smallest absolute Gasteiger partial charge is 0.292 e. The summed E-state index contributed by atoms with van der Waals surface area (Å²) in [7, 11) is 0. The molecule has 1 aromatic heterocycles. The van der Waals surface area contributed by atoms with Crippen molar-refractivity contribution in [1.82, 2.24) is 15.0 Å². The number of carbonyl (C=O) groups is 1. The molecule has 4 rings (SSSR count). The highest BCUT2D eigenvalue weighted by Crippen LogP contribution is 2.21. The fourth-order valence-corrected chi connectivity index (χ4v) is 3.40. The van der Waals surface area contributed by atoms with Gasteiger partial charge in [0.1, 0.15) is 11.5 Å². The number of rotatable bonds is 4. The zero-order valence-corrected chi connectivity index (χ0v) is 15.9. The monoisotopic (exact) mass is 399 g/mol. The Morgan fingerprint density at radius 3 is 2.54 bits per heavy atom. The van der Waals surface area contributed by atoms with Gasteiger partial charge in [0.05, 0.1) is 0 Å². The van der Waals surface area contributed by atoms with Crippen LogP contribution in [0.5, 0.6) is 0 Å². The molecule has 2 heterocycles. The van der Waals surface area contributed by atoms with Crippen LogP contribution in [-0.2, 0) is 6.54 Å². The van der Waals surface area contributed by atoms with Crippen molar-refractivity contribution in [2.24, 2.45) is 0 Å². The summed E-state index contributed by atoms with van der Waals surface area (Å²) in [5.74, 6) is -0.378. The maximum absolute atomic E-state index is 13.4. The van der Waals surface area contributed by atoms with Crippen molar-refractivity contribution in [2.75, 3.05) is 26.2 Å². The molecular weight excluding hydrogens is 381 g/mol. The van der Waals surface area contributed by atoms with Gasteiger partial charge in [-0.05, 0) is 29.8 Å². The lowest BCUT2D eigenvalue weighted by atomic mass is 10.1. The van der Waals surface area contributed by atoms with E-state index >= 15 is 0 Å². The molecule has 1 aliphatic heterocycles. The number of carbonyl (C=O) groups excluding carboxylic acids is 1. The molecule has 3 aromatic rings. The standard InChI is InChI=1S/C21H19ClFN3O2/c22-17-6-4-15(5-7-17)14-25-8-10-26(11-9-25)21(27)20-13-19(24-28-20)16-2-1-3-18(23)12-16/h1-7,12-13H,8-11,14H2. The van der Waals surface area contributed by atoms with E-state index in [4.69, 9.17) is 16.1 Å². The average Bonchev–Trinajstić information content (AvgIpc) is 3.20. The molecule has 0 spiro atoms. The summed E-state index contributed by atoms with van der Waals surface area (Å²) in [6.45, 7) is 3.61. The fourth-order valence-electron chi connectivity index (χ4n) is 3.27. The topological polar surface area (TPSA) is 49.6 Å². The first-order valence-corrected chi connectivity index (χ1v) is 9.45. The maximum atomic E-state index is 13.4. The molecule has 0 atom stereocenters. The first-order valence-electron chi connectivity index (χ1n) is 9.07. The Kier molecular flexibility index (Phi) is 5.41. The van der Waals surface area contributed by atoms with Gasteiger partial charge in [-0.15, -0.1) is 0 Å². The third-order valence-corrected chi connectivity index (χ3v) is 5.07. The highest BCUT2D eigenvalue weighted by molar-refractivity contribution is 6.30. The predicted octanol–water partition coefficient (Wildman–Crippen LogP) is 4.09. The first kappa shape index (κ1) is 18.7. The highest BCUT2D eigenvalue weighted by Gasteiger charge is 2.25. The van der Waals surface area contributed by atoms with E-state index < -0.39 is 0 Å². The van der Waals surface area contributed by atoms with Gasteiger partial charge >= 0.3 is 0 Å². The molecule has 0 N–H and O–H groups in total. The van der Waals surface area contributed by atoms with E-state index in [1.54, 1.807) is 23.1 Å². The van der Waals surface area contributed by atoms with Gasteiger partial charge in [-0.2, -0.15) is 0 Å². The minimum absolute atomic E-state index is 0.172. The van der Waals surface area contributed by atoms with Crippen molar-refractivity contribution in [2.45, 2.75) is 6.54 Å². The highest BCUT2D eigenvalue weighted by atomic mass is 35.5.